The number of hydrogen-bond acceptors (Lipinski definition) is 8. The fourth-order valence-electron chi connectivity index (χ4n) is 3.21. The van der Waals surface area contributed by atoms with Crippen molar-refractivity contribution in [1.82, 2.24) is 14.9 Å². The highest BCUT2D eigenvalue weighted by atomic mass is 16.6. The van der Waals surface area contributed by atoms with E-state index in [0.29, 0.717) is 30.3 Å². The first-order valence-corrected chi connectivity index (χ1v) is 10.1. The summed E-state index contributed by atoms with van der Waals surface area (Å²) in [7, 11) is 1.59. The second-order valence-corrected chi connectivity index (χ2v) is 8.15. The molecule has 0 radical (unpaired) electrons. The van der Waals surface area contributed by atoms with E-state index in [1.165, 1.54) is 6.20 Å². The van der Waals surface area contributed by atoms with Crippen LogP contribution in [-0.2, 0) is 4.74 Å². The number of carbonyl (C=O) groups is 1. The third kappa shape index (κ3) is 5.98. The maximum absolute atomic E-state index is 12.5. The van der Waals surface area contributed by atoms with Crippen LogP contribution in [0, 0.1) is 11.3 Å². The first kappa shape index (κ1) is 22.2. The average Bonchev–Trinajstić information content (AvgIpc) is 3.21. The molecule has 1 atom stereocenters. The number of amides is 1. The van der Waals surface area contributed by atoms with E-state index in [9.17, 15) is 4.79 Å². The van der Waals surface area contributed by atoms with Gasteiger partial charge in [-0.15, -0.1) is 0 Å². The molecule has 1 aliphatic heterocycles. The topological polar surface area (TPSA) is 110 Å². The van der Waals surface area contributed by atoms with Gasteiger partial charge in [-0.1, -0.05) is 0 Å². The molecule has 3 rings (SSSR count). The fourth-order valence-corrected chi connectivity index (χ4v) is 3.21. The minimum Gasteiger partial charge on any atom is -0.497 e. The number of hydrogen-bond donors (Lipinski definition) is 1. The fraction of sp³-hybridized carbons (Fsp3) is 0.455. The molecule has 1 aromatic heterocycles. The molecule has 2 heterocycles. The molecule has 1 saturated heterocycles. The van der Waals surface area contributed by atoms with Crippen LogP contribution in [0.4, 0.5) is 10.5 Å². The second-order valence-electron chi connectivity index (χ2n) is 8.15. The Morgan fingerprint density at radius 1 is 1.29 bits per heavy atom. The van der Waals surface area contributed by atoms with Crippen LogP contribution in [0.1, 0.15) is 39.4 Å². The lowest BCUT2D eigenvalue weighted by atomic mass is 10.2. The van der Waals surface area contributed by atoms with Crippen LogP contribution in [0.15, 0.2) is 30.5 Å². The van der Waals surface area contributed by atoms with Crippen LogP contribution in [0.3, 0.4) is 0 Å². The number of likely N-dealkylation sites (tertiary alicyclic amines) is 1. The monoisotopic (exact) mass is 425 g/mol. The average molecular weight is 425 g/mol. The number of methoxy groups -OCH3 is 1. The molecule has 1 aromatic carbocycles. The molecule has 0 bridgehead atoms. The van der Waals surface area contributed by atoms with E-state index in [2.05, 4.69) is 15.3 Å². The van der Waals surface area contributed by atoms with Crippen molar-refractivity contribution < 1.29 is 19.0 Å². The third-order valence-corrected chi connectivity index (χ3v) is 4.66. The third-order valence-electron chi connectivity index (χ3n) is 4.66. The Balaban J connectivity index is 1.72. The Bertz CT molecular complexity index is 950. The zero-order valence-corrected chi connectivity index (χ0v) is 18.2. The number of nitriles is 1. The molecule has 9 heteroatoms. The number of nitrogens with zero attached hydrogens (tertiary/aromatic N) is 4. The van der Waals surface area contributed by atoms with E-state index < -0.39 is 5.60 Å². The minimum atomic E-state index is -0.544. The Hall–Kier alpha value is -3.54. The largest absolute Gasteiger partial charge is 0.497 e. The summed E-state index contributed by atoms with van der Waals surface area (Å²) in [6.45, 7) is 6.69. The molecule has 9 nitrogen and oxygen atoms in total. The van der Waals surface area contributed by atoms with Gasteiger partial charge in [-0.05, 0) is 57.9 Å². The lowest BCUT2D eigenvalue weighted by Gasteiger charge is -2.29. The quantitative estimate of drug-likeness (QED) is 0.741. The van der Waals surface area contributed by atoms with Gasteiger partial charge < -0.3 is 24.4 Å². The summed E-state index contributed by atoms with van der Waals surface area (Å²) in [6.07, 6.45) is 2.96. The zero-order valence-electron chi connectivity index (χ0n) is 18.2. The van der Waals surface area contributed by atoms with E-state index in [-0.39, 0.29) is 23.8 Å². The van der Waals surface area contributed by atoms with Crippen molar-refractivity contribution >= 4 is 11.8 Å². The summed E-state index contributed by atoms with van der Waals surface area (Å²) in [4.78, 5) is 22.5. The summed E-state index contributed by atoms with van der Waals surface area (Å²) in [5, 5.41) is 12.4. The predicted molar refractivity (Wildman–Crippen MR) is 114 cm³/mol. The summed E-state index contributed by atoms with van der Waals surface area (Å²) in [5.74, 6) is 1.49. The van der Waals surface area contributed by atoms with Gasteiger partial charge in [0.05, 0.1) is 19.3 Å². The van der Waals surface area contributed by atoms with Crippen molar-refractivity contribution in [2.45, 2.75) is 45.3 Å². The molecular weight excluding hydrogens is 398 g/mol. The van der Waals surface area contributed by atoms with Crippen LogP contribution in [0.5, 0.6) is 17.4 Å². The van der Waals surface area contributed by atoms with Crippen molar-refractivity contribution in [2.75, 3.05) is 25.5 Å². The highest BCUT2D eigenvalue weighted by Crippen LogP contribution is 2.29. The molecule has 1 N–H and O–H groups in total. The number of carbonyl (C=O) groups excluding carboxylic acids is 1. The highest BCUT2D eigenvalue weighted by molar-refractivity contribution is 5.69. The highest BCUT2D eigenvalue weighted by Gasteiger charge is 2.32. The SMILES string of the molecule is COc1ccc(Oc2nc(C#N)ncc2NCC2CCCN2C(=O)OC(C)(C)C)cc1. The van der Waals surface area contributed by atoms with Gasteiger partial charge in [0.1, 0.15) is 28.9 Å². The van der Waals surface area contributed by atoms with Crippen LogP contribution >= 0.6 is 0 Å². The number of nitrogens with one attached hydrogen (secondary N) is 1. The minimum absolute atomic E-state index is 0.00492. The standard InChI is InChI=1S/C22H27N5O4/c1-22(2,3)31-21(28)27-11-5-6-15(27)13-24-18-14-25-19(12-23)26-20(18)30-17-9-7-16(29-4)8-10-17/h7-10,14-15,24H,5-6,11,13H2,1-4H3. The Morgan fingerprint density at radius 2 is 2.00 bits per heavy atom. The van der Waals surface area contributed by atoms with E-state index in [0.717, 1.165) is 12.8 Å². The number of anilines is 1. The van der Waals surface area contributed by atoms with Gasteiger partial charge in [0.15, 0.2) is 0 Å². The molecule has 0 spiro atoms. The number of rotatable bonds is 6. The van der Waals surface area contributed by atoms with E-state index in [4.69, 9.17) is 19.5 Å². The molecular formula is C22H27N5O4. The van der Waals surface area contributed by atoms with Crippen LogP contribution in [-0.4, -0.2) is 52.8 Å². The molecule has 31 heavy (non-hydrogen) atoms. The Labute approximate surface area is 182 Å². The smallest absolute Gasteiger partial charge is 0.410 e. The molecule has 1 fully saturated rings. The molecule has 0 aliphatic carbocycles. The molecule has 0 saturated carbocycles. The normalized spacial score (nSPS) is 15.8. The molecule has 1 unspecified atom stereocenters. The number of ether oxygens (including phenoxy) is 3. The summed E-state index contributed by atoms with van der Waals surface area (Å²) in [6, 6.07) is 8.93. The predicted octanol–water partition coefficient (Wildman–Crippen LogP) is 3.96. The van der Waals surface area contributed by atoms with Gasteiger partial charge in [-0.2, -0.15) is 10.2 Å². The Kier molecular flexibility index (Phi) is 6.80. The van der Waals surface area contributed by atoms with Crippen molar-refractivity contribution in [3.05, 3.63) is 36.3 Å². The lowest BCUT2D eigenvalue weighted by Crippen LogP contribution is -2.42. The summed E-state index contributed by atoms with van der Waals surface area (Å²) < 4.78 is 16.6. The van der Waals surface area contributed by atoms with Crippen LogP contribution in [0.25, 0.3) is 0 Å². The Morgan fingerprint density at radius 3 is 2.65 bits per heavy atom. The molecule has 2 aromatic rings. The van der Waals surface area contributed by atoms with Crippen molar-refractivity contribution in [3.8, 4) is 23.4 Å². The first-order valence-electron chi connectivity index (χ1n) is 10.1. The van der Waals surface area contributed by atoms with Gasteiger partial charge in [0.25, 0.3) is 0 Å². The first-order chi connectivity index (χ1) is 14.8. The van der Waals surface area contributed by atoms with E-state index in [1.54, 1.807) is 36.3 Å². The molecule has 164 valence electrons. The van der Waals surface area contributed by atoms with E-state index in [1.807, 2.05) is 26.8 Å². The maximum atomic E-state index is 12.5. The summed E-state index contributed by atoms with van der Waals surface area (Å²) in [5.41, 5.74) is -0.0105. The van der Waals surface area contributed by atoms with Crippen LogP contribution < -0.4 is 14.8 Å². The van der Waals surface area contributed by atoms with Gasteiger partial charge in [-0.3, -0.25) is 0 Å². The van der Waals surface area contributed by atoms with Gasteiger partial charge in [0, 0.05) is 13.1 Å². The van der Waals surface area contributed by atoms with Crippen LogP contribution in [0.2, 0.25) is 0 Å². The molecule has 1 amide bonds. The van der Waals surface area contributed by atoms with Gasteiger partial charge in [-0.25, -0.2) is 9.78 Å². The summed E-state index contributed by atoms with van der Waals surface area (Å²) >= 11 is 0. The second kappa shape index (κ2) is 9.51. The number of benzene rings is 1. The lowest BCUT2D eigenvalue weighted by molar-refractivity contribution is 0.0235. The van der Waals surface area contributed by atoms with Crippen molar-refractivity contribution in [1.29, 1.82) is 5.26 Å². The zero-order chi connectivity index (χ0) is 22.4. The molecule has 1 aliphatic rings. The van der Waals surface area contributed by atoms with Gasteiger partial charge in [0.2, 0.25) is 11.7 Å². The van der Waals surface area contributed by atoms with Gasteiger partial charge >= 0.3 is 6.09 Å². The van der Waals surface area contributed by atoms with Crippen molar-refractivity contribution in [2.24, 2.45) is 0 Å². The number of aromatic nitrogens is 2. The maximum Gasteiger partial charge on any atom is 0.410 e. The van der Waals surface area contributed by atoms with Crippen molar-refractivity contribution in [3.63, 3.8) is 0 Å². The van der Waals surface area contributed by atoms with E-state index >= 15 is 0 Å².